The van der Waals surface area contributed by atoms with Gasteiger partial charge in [-0.25, -0.2) is 0 Å². The van der Waals surface area contributed by atoms with E-state index in [9.17, 15) is 31.1 Å². The minimum Gasteiger partial charge on any atom is -0.484 e. The molecular weight excluding hydrogens is 442 g/mol. The molecule has 1 atom stereocenters. The van der Waals surface area contributed by atoms with Crippen LogP contribution >= 0.6 is 11.6 Å². The molecule has 1 heterocycles. The van der Waals surface area contributed by atoms with Crippen LogP contribution in [-0.4, -0.2) is 30.3 Å². The number of halogens is 7. The van der Waals surface area contributed by atoms with Crippen LogP contribution < -0.4 is 14.8 Å². The van der Waals surface area contributed by atoms with Gasteiger partial charge >= 0.3 is 12.4 Å². The third-order valence-electron chi connectivity index (χ3n) is 3.60. The Hall–Kier alpha value is -2.69. The van der Waals surface area contributed by atoms with Crippen LogP contribution in [0.4, 0.5) is 26.3 Å². The summed E-state index contributed by atoms with van der Waals surface area (Å²) in [6.45, 7) is -0.477. The van der Waals surface area contributed by atoms with Gasteiger partial charge in [-0.1, -0.05) is 11.6 Å². The van der Waals surface area contributed by atoms with E-state index in [1.165, 1.54) is 18.2 Å². The number of benzene rings is 1. The van der Waals surface area contributed by atoms with Gasteiger partial charge in [0.15, 0.2) is 13.2 Å². The van der Waals surface area contributed by atoms with Gasteiger partial charge in [-0.05, 0) is 37.3 Å². The predicted molar refractivity (Wildman–Crippen MR) is 94.3 cm³/mol. The van der Waals surface area contributed by atoms with Gasteiger partial charge in [-0.3, -0.25) is 9.78 Å². The van der Waals surface area contributed by atoms with Crippen LogP contribution in [0.3, 0.4) is 0 Å². The average molecular weight is 457 g/mol. The van der Waals surface area contributed by atoms with Gasteiger partial charge in [-0.2, -0.15) is 26.3 Å². The second-order valence-electron chi connectivity index (χ2n) is 6.04. The van der Waals surface area contributed by atoms with E-state index in [-0.39, 0.29) is 11.5 Å². The van der Waals surface area contributed by atoms with Crippen LogP contribution in [0, 0.1) is 0 Å². The fraction of sp³-hybridized carbons (Fsp3) is 0.333. The van der Waals surface area contributed by atoms with E-state index in [0.29, 0.717) is 11.8 Å². The summed E-state index contributed by atoms with van der Waals surface area (Å²) in [5, 5.41) is 2.00. The van der Waals surface area contributed by atoms with Crippen molar-refractivity contribution in [2.45, 2.75) is 25.3 Å². The number of nitrogens with one attached hydrogen (secondary N) is 1. The quantitative estimate of drug-likeness (QED) is 0.599. The first-order valence-corrected chi connectivity index (χ1v) is 8.67. The van der Waals surface area contributed by atoms with Crippen LogP contribution in [0.1, 0.15) is 24.2 Å². The molecule has 0 aliphatic carbocycles. The Morgan fingerprint density at radius 2 is 1.77 bits per heavy atom. The lowest BCUT2D eigenvalue weighted by atomic mass is 10.2. The van der Waals surface area contributed by atoms with Crippen LogP contribution in [0.2, 0.25) is 5.02 Å². The van der Waals surface area contributed by atoms with Gasteiger partial charge in [0.2, 0.25) is 0 Å². The minimum atomic E-state index is -4.67. The van der Waals surface area contributed by atoms with Crippen molar-refractivity contribution in [3.8, 4) is 11.5 Å². The highest BCUT2D eigenvalue weighted by molar-refractivity contribution is 6.31. The lowest BCUT2D eigenvalue weighted by Crippen LogP contribution is -2.31. The zero-order valence-corrected chi connectivity index (χ0v) is 16.0. The van der Waals surface area contributed by atoms with Crippen LogP contribution in [0.15, 0.2) is 36.5 Å². The van der Waals surface area contributed by atoms with Crippen molar-refractivity contribution < 1.29 is 40.6 Å². The first-order chi connectivity index (χ1) is 13.8. The molecule has 0 aliphatic rings. The molecule has 0 radical (unpaired) electrons. The summed E-state index contributed by atoms with van der Waals surface area (Å²) in [6.07, 6.45) is -8.08. The van der Waals surface area contributed by atoms with Crippen molar-refractivity contribution in [3.63, 3.8) is 0 Å². The topological polar surface area (TPSA) is 60.5 Å². The molecule has 1 N–H and O–H groups in total. The summed E-state index contributed by atoms with van der Waals surface area (Å²) in [5.41, 5.74) is -0.763. The van der Waals surface area contributed by atoms with E-state index < -0.39 is 48.1 Å². The van der Waals surface area contributed by atoms with E-state index in [2.05, 4.69) is 15.0 Å². The molecule has 0 bridgehead atoms. The molecular formula is C18H15ClF6N2O3. The highest BCUT2D eigenvalue weighted by Crippen LogP contribution is 2.36. The summed E-state index contributed by atoms with van der Waals surface area (Å²) in [5.74, 6) is -0.940. The largest absolute Gasteiger partial charge is 0.484 e. The SMILES string of the molecule is CC(NC(=O)COc1ccc(Cl)c(C(F)(F)F)c1)c1ccc(OCC(F)(F)F)cn1. The molecule has 0 aliphatic heterocycles. The number of ether oxygens (including phenoxy) is 2. The predicted octanol–water partition coefficient (Wildman–Crippen LogP) is 4.95. The normalized spacial score (nSPS) is 12.9. The third kappa shape index (κ3) is 7.29. The lowest BCUT2D eigenvalue weighted by Gasteiger charge is -2.15. The number of amides is 1. The monoisotopic (exact) mass is 456 g/mol. The number of hydrogen-bond acceptors (Lipinski definition) is 4. The van der Waals surface area contributed by atoms with Crippen LogP contribution in [0.25, 0.3) is 0 Å². The van der Waals surface area contributed by atoms with Gasteiger partial charge in [-0.15, -0.1) is 0 Å². The first kappa shape index (κ1) is 23.6. The third-order valence-corrected chi connectivity index (χ3v) is 3.93. The first-order valence-electron chi connectivity index (χ1n) is 8.29. The molecule has 1 unspecified atom stereocenters. The van der Waals surface area contributed by atoms with Crippen molar-refractivity contribution in [1.29, 1.82) is 0 Å². The molecule has 5 nitrogen and oxygen atoms in total. The van der Waals surface area contributed by atoms with E-state index in [1.54, 1.807) is 6.92 Å². The number of nitrogens with zero attached hydrogens (tertiary/aromatic N) is 1. The number of carbonyl (C=O) groups is 1. The molecule has 0 saturated carbocycles. The second-order valence-corrected chi connectivity index (χ2v) is 6.45. The van der Waals surface area contributed by atoms with E-state index in [4.69, 9.17) is 16.3 Å². The summed E-state index contributed by atoms with van der Waals surface area (Å²) in [7, 11) is 0. The molecule has 30 heavy (non-hydrogen) atoms. The van der Waals surface area contributed by atoms with E-state index >= 15 is 0 Å². The van der Waals surface area contributed by atoms with E-state index in [0.717, 1.165) is 12.3 Å². The van der Waals surface area contributed by atoms with Gasteiger partial charge in [0.1, 0.15) is 11.5 Å². The van der Waals surface area contributed by atoms with Gasteiger partial charge < -0.3 is 14.8 Å². The Balaban J connectivity index is 1.89. The Labute approximate surface area is 171 Å². The summed E-state index contributed by atoms with van der Waals surface area (Å²) in [4.78, 5) is 15.9. The number of carbonyl (C=O) groups excluding carboxylic acids is 1. The van der Waals surface area contributed by atoms with Crippen LogP contribution in [-0.2, 0) is 11.0 Å². The maximum absolute atomic E-state index is 12.8. The van der Waals surface area contributed by atoms with Gasteiger partial charge in [0, 0.05) is 0 Å². The molecule has 1 aromatic carbocycles. The Morgan fingerprint density at radius 3 is 2.33 bits per heavy atom. The number of aromatic nitrogens is 1. The number of hydrogen-bond donors (Lipinski definition) is 1. The van der Waals surface area contributed by atoms with Crippen LogP contribution in [0.5, 0.6) is 11.5 Å². The second kappa shape index (κ2) is 9.41. The molecule has 2 aromatic rings. The molecule has 0 saturated heterocycles. The maximum Gasteiger partial charge on any atom is 0.422 e. The molecule has 0 spiro atoms. The molecule has 1 aromatic heterocycles. The highest BCUT2D eigenvalue weighted by atomic mass is 35.5. The van der Waals surface area contributed by atoms with Gasteiger partial charge in [0.05, 0.1) is 28.5 Å². The maximum atomic E-state index is 12.8. The molecule has 1 amide bonds. The smallest absolute Gasteiger partial charge is 0.422 e. The molecule has 164 valence electrons. The number of rotatable bonds is 7. The van der Waals surface area contributed by atoms with Crippen molar-refractivity contribution >= 4 is 17.5 Å². The zero-order chi connectivity index (χ0) is 22.5. The fourth-order valence-corrected chi connectivity index (χ4v) is 2.44. The van der Waals surface area contributed by atoms with E-state index in [1.807, 2.05) is 0 Å². The highest BCUT2D eigenvalue weighted by Gasteiger charge is 2.33. The lowest BCUT2D eigenvalue weighted by molar-refractivity contribution is -0.153. The summed E-state index contributed by atoms with van der Waals surface area (Å²) < 4.78 is 84.4. The van der Waals surface area contributed by atoms with Crippen molar-refractivity contribution in [1.82, 2.24) is 10.3 Å². The molecule has 2 rings (SSSR count). The number of alkyl halides is 6. The van der Waals surface area contributed by atoms with Crippen molar-refractivity contribution in [2.75, 3.05) is 13.2 Å². The Kier molecular flexibility index (Phi) is 7.40. The Morgan fingerprint density at radius 1 is 1.10 bits per heavy atom. The zero-order valence-electron chi connectivity index (χ0n) is 15.3. The average Bonchev–Trinajstić information content (AvgIpc) is 2.64. The van der Waals surface area contributed by atoms with Crippen molar-refractivity contribution in [2.24, 2.45) is 0 Å². The fourth-order valence-electron chi connectivity index (χ4n) is 2.22. The van der Waals surface area contributed by atoms with Gasteiger partial charge in [0.25, 0.3) is 5.91 Å². The minimum absolute atomic E-state index is 0.0962. The van der Waals surface area contributed by atoms with Crippen molar-refractivity contribution in [3.05, 3.63) is 52.8 Å². The molecule has 0 fully saturated rings. The molecule has 12 heteroatoms. The number of pyridine rings is 1. The Bertz CT molecular complexity index is 872. The summed E-state index contributed by atoms with van der Waals surface area (Å²) >= 11 is 5.51. The summed E-state index contributed by atoms with van der Waals surface area (Å²) in [6, 6.07) is 4.86. The standard InChI is InChI=1S/C18H15ClF6N2O3/c1-10(15-5-3-12(7-26-15)30-9-17(20,21)22)27-16(28)8-29-11-2-4-14(19)13(6-11)18(23,24)25/h2-7,10H,8-9H2,1H3,(H,27,28).